The molecule has 0 bridgehead atoms. The van der Waals surface area contributed by atoms with Crippen molar-refractivity contribution >= 4 is 29.1 Å². The molecule has 4 nitrogen and oxygen atoms in total. The number of benzene rings is 1. The zero-order chi connectivity index (χ0) is 14.4. The van der Waals surface area contributed by atoms with Gasteiger partial charge in [-0.15, -0.1) is 0 Å². The van der Waals surface area contributed by atoms with Crippen LogP contribution in [0.2, 0.25) is 10.0 Å². The van der Waals surface area contributed by atoms with Gasteiger partial charge in [0, 0.05) is 37.0 Å². The number of hydrogen-bond donors (Lipinski definition) is 2. The third-order valence-electron chi connectivity index (χ3n) is 4.34. The van der Waals surface area contributed by atoms with E-state index in [1.807, 2.05) is 11.8 Å². The molecule has 2 atom stereocenters. The number of amides is 1. The number of carbonyl (C=O) groups is 1. The molecule has 0 saturated carbocycles. The second kappa shape index (κ2) is 5.10. The van der Waals surface area contributed by atoms with Gasteiger partial charge in [0.2, 0.25) is 5.91 Å². The topological polar surface area (TPSA) is 52.6 Å². The average molecular weight is 315 g/mol. The van der Waals surface area contributed by atoms with E-state index in [0.717, 1.165) is 13.1 Å². The molecule has 1 aromatic rings. The van der Waals surface area contributed by atoms with Crippen LogP contribution in [0.5, 0.6) is 5.75 Å². The first kappa shape index (κ1) is 14.0. The Labute approximate surface area is 127 Å². The number of likely N-dealkylation sites (tertiary alicyclic amines) is 1. The highest BCUT2D eigenvalue weighted by Crippen LogP contribution is 2.45. The van der Waals surface area contributed by atoms with Gasteiger partial charge in [0.15, 0.2) is 0 Å². The van der Waals surface area contributed by atoms with Crippen molar-refractivity contribution in [3.63, 3.8) is 0 Å². The summed E-state index contributed by atoms with van der Waals surface area (Å²) >= 11 is 12.3. The van der Waals surface area contributed by atoms with Crippen LogP contribution in [0.4, 0.5) is 0 Å². The molecule has 2 heterocycles. The molecule has 2 fully saturated rings. The molecule has 108 valence electrons. The van der Waals surface area contributed by atoms with Crippen LogP contribution in [0.15, 0.2) is 12.1 Å². The zero-order valence-corrected chi connectivity index (χ0v) is 12.6. The molecule has 2 N–H and O–H groups in total. The number of carbonyl (C=O) groups excluding carboxylic acids is 1. The highest BCUT2D eigenvalue weighted by molar-refractivity contribution is 6.42. The second-order valence-electron chi connectivity index (χ2n) is 5.46. The standard InChI is InChI=1S/C14H16Cl2N2O2/c1-7-9(4-12(20)18(7)8-5-17-6-8)13-11(19)3-2-10(15)14(13)16/h2-3,7-9,17,19H,4-6H2,1H3/t7-,9-/m0/s1. The Morgan fingerprint density at radius 2 is 2.05 bits per heavy atom. The van der Waals surface area contributed by atoms with E-state index in [9.17, 15) is 9.90 Å². The molecule has 3 rings (SSSR count). The Kier molecular flexibility index (Phi) is 3.56. The smallest absolute Gasteiger partial charge is 0.223 e. The van der Waals surface area contributed by atoms with Crippen LogP contribution in [0.25, 0.3) is 0 Å². The van der Waals surface area contributed by atoms with Gasteiger partial charge in [-0.05, 0) is 19.1 Å². The molecule has 2 aliphatic heterocycles. The van der Waals surface area contributed by atoms with Crippen molar-refractivity contribution in [1.82, 2.24) is 10.2 Å². The molecule has 1 aromatic carbocycles. The maximum Gasteiger partial charge on any atom is 0.223 e. The molecule has 0 unspecified atom stereocenters. The molecule has 0 spiro atoms. The first-order valence-corrected chi connectivity index (χ1v) is 7.45. The summed E-state index contributed by atoms with van der Waals surface area (Å²) in [7, 11) is 0. The summed E-state index contributed by atoms with van der Waals surface area (Å²) in [5.41, 5.74) is 0.592. The van der Waals surface area contributed by atoms with E-state index >= 15 is 0 Å². The van der Waals surface area contributed by atoms with Gasteiger partial charge in [-0.1, -0.05) is 23.2 Å². The lowest BCUT2D eigenvalue weighted by Crippen LogP contribution is -2.59. The maximum atomic E-state index is 12.3. The molecule has 0 aromatic heterocycles. The molecule has 0 aliphatic carbocycles. The monoisotopic (exact) mass is 314 g/mol. The minimum atomic E-state index is -0.116. The largest absolute Gasteiger partial charge is 0.508 e. The third kappa shape index (κ3) is 2.07. The molecular formula is C14H16Cl2N2O2. The summed E-state index contributed by atoms with van der Waals surface area (Å²) < 4.78 is 0. The van der Waals surface area contributed by atoms with Crippen molar-refractivity contribution in [1.29, 1.82) is 0 Å². The van der Waals surface area contributed by atoms with E-state index in [4.69, 9.17) is 23.2 Å². The number of phenolic OH excluding ortho intramolecular Hbond substituents is 1. The van der Waals surface area contributed by atoms with Gasteiger partial charge in [-0.25, -0.2) is 0 Å². The third-order valence-corrected chi connectivity index (χ3v) is 5.16. The highest BCUT2D eigenvalue weighted by atomic mass is 35.5. The number of nitrogens with zero attached hydrogens (tertiary/aromatic N) is 1. The predicted octanol–water partition coefficient (Wildman–Crippen LogP) is 2.38. The summed E-state index contributed by atoms with van der Waals surface area (Å²) in [6, 6.07) is 3.37. The van der Waals surface area contributed by atoms with Gasteiger partial charge >= 0.3 is 0 Å². The summed E-state index contributed by atoms with van der Waals surface area (Å²) in [6.45, 7) is 3.67. The zero-order valence-electron chi connectivity index (χ0n) is 11.1. The van der Waals surface area contributed by atoms with Crippen LogP contribution in [0.1, 0.15) is 24.8 Å². The lowest BCUT2D eigenvalue weighted by atomic mass is 9.91. The van der Waals surface area contributed by atoms with E-state index in [2.05, 4.69) is 5.32 Å². The van der Waals surface area contributed by atoms with Gasteiger partial charge < -0.3 is 15.3 Å². The molecule has 20 heavy (non-hydrogen) atoms. The highest BCUT2D eigenvalue weighted by Gasteiger charge is 2.44. The van der Waals surface area contributed by atoms with Crippen LogP contribution in [-0.4, -0.2) is 41.1 Å². The Bertz CT molecular complexity index is 560. The molecule has 2 aliphatic rings. The van der Waals surface area contributed by atoms with Crippen molar-refractivity contribution in [2.45, 2.75) is 31.3 Å². The quantitative estimate of drug-likeness (QED) is 0.881. The van der Waals surface area contributed by atoms with Crippen LogP contribution >= 0.6 is 23.2 Å². The number of rotatable bonds is 2. The van der Waals surface area contributed by atoms with Gasteiger partial charge in [-0.3, -0.25) is 4.79 Å². The Balaban J connectivity index is 1.95. The Morgan fingerprint density at radius 3 is 2.65 bits per heavy atom. The first-order chi connectivity index (χ1) is 9.50. The molecule has 0 radical (unpaired) electrons. The molecule has 6 heteroatoms. The van der Waals surface area contributed by atoms with E-state index in [1.165, 1.54) is 6.07 Å². The number of aromatic hydroxyl groups is 1. The summed E-state index contributed by atoms with van der Waals surface area (Å²) in [5.74, 6) is 0.108. The first-order valence-electron chi connectivity index (χ1n) is 6.69. The molecule has 2 saturated heterocycles. The fraction of sp³-hybridized carbons (Fsp3) is 0.500. The average Bonchev–Trinajstić information content (AvgIpc) is 2.61. The molecule has 1 amide bonds. The van der Waals surface area contributed by atoms with Crippen LogP contribution in [0.3, 0.4) is 0 Å². The summed E-state index contributed by atoms with van der Waals surface area (Å²) in [5, 5.41) is 14.0. The van der Waals surface area contributed by atoms with Crippen LogP contribution in [0, 0.1) is 0 Å². The molecular weight excluding hydrogens is 299 g/mol. The maximum absolute atomic E-state index is 12.3. The van der Waals surface area contributed by atoms with Crippen molar-refractivity contribution in [2.24, 2.45) is 0 Å². The Hall–Kier alpha value is -0.970. The second-order valence-corrected chi connectivity index (χ2v) is 6.24. The van der Waals surface area contributed by atoms with Crippen molar-refractivity contribution in [3.8, 4) is 5.75 Å². The van der Waals surface area contributed by atoms with Crippen LogP contribution in [-0.2, 0) is 4.79 Å². The van der Waals surface area contributed by atoms with E-state index in [-0.39, 0.29) is 29.7 Å². The minimum absolute atomic E-state index is 0.0106. The van der Waals surface area contributed by atoms with Crippen molar-refractivity contribution in [2.75, 3.05) is 13.1 Å². The SMILES string of the molecule is C[C@H]1[C@@H](c2c(O)ccc(Cl)c2Cl)CC(=O)N1C1CNC1. The fourth-order valence-electron chi connectivity index (χ4n) is 3.14. The van der Waals surface area contributed by atoms with Crippen LogP contribution < -0.4 is 5.32 Å². The normalized spacial score (nSPS) is 26.9. The number of phenols is 1. The van der Waals surface area contributed by atoms with Crippen molar-refractivity contribution in [3.05, 3.63) is 27.7 Å². The fourth-order valence-corrected chi connectivity index (χ4v) is 3.61. The lowest BCUT2D eigenvalue weighted by Gasteiger charge is -2.39. The number of hydrogen-bond acceptors (Lipinski definition) is 3. The van der Waals surface area contributed by atoms with Gasteiger partial charge in [0.05, 0.1) is 16.1 Å². The predicted molar refractivity (Wildman–Crippen MR) is 78.5 cm³/mol. The van der Waals surface area contributed by atoms with Gasteiger partial charge in [0.25, 0.3) is 0 Å². The van der Waals surface area contributed by atoms with Gasteiger partial charge in [0.1, 0.15) is 5.75 Å². The summed E-state index contributed by atoms with van der Waals surface area (Å²) in [6.07, 6.45) is 0.366. The minimum Gasteiger partial charge on any atom is -0.508 e. The van der Waals surface area contributed by atoms with Gasteiger partial charge in [-0.2, -0.15) is 0 Å². The van der Waals surface area contributed by atoms with E-state index in [0.29, 0.717) is 22.0 Å². The Morgan fingerprint density at radius 1 is 1.35 bits per heavy atom. The van der Waals surface area contributed by atoms with Crippen molar-refractivity contribution < 1.29 is 9.90 Å². The lowest BCUT2D eigenvalue weighted by molar-refractivity contribution is -0.131. The van der Waals surface area contributed by atoms with E-state index in [1.54, 1.807) is 6.07 Å². The van der Waals surface area contributed by atoms with E-state index < -0.39 is 0 Å². The summed E-state index contributed by atoms with van der Waals surface area (Å²) in [4.78, 5) is 14.2. The number of halogens is 2. The number of nitrogens with one attached hydrogen (secondary N) is 1.